The second kappa shape index (κ2) is 9.80. The fraction of sp³-hybridized carbons (Fsp3) is 0. The molecule has 8 rings (SSSR count). The van der Waals surface area contributed by atoms with Crippen LogP contribution in [-0.2, 0) is 21.1 Å². The Morgan fingerprint density at radius 2 is 1.44 bits per heavy atom. The molecule has 1 aliphatic rings. The van der Waals surface area contributed by atoms with Crippen molar-refractivity contribution in [3.63, 3.8) is 0 Å². The van der Waals surface area contributed by atoms with Gasteiger partial charge >= 0.3 is 0 Å². The summed E-state index contributed by atoms with van der Waals surface area (Å²) in [7, 11) is -2.75. The number of hydrogen-bond donors (Lipinski definition) is 1. The summed E-state index contributed by atoms with van der Waals surface area (Å²) in [5.74, 6) is 0.975. The second-order valence-electron chi connectivity index (χ2n) is 9.70. The average molecular weight is 730 g/mol. The number of ether oxygens (including phenoxy) is 1. The molecule has 0 unspecified atom stereocenters. The first-order valence-corrected chi connectivity index (χ1v) is 14.9. The molecular weight excluding hydrogens is 710 g/mol. The van der Waals surface area contributed by atoms with E-state index in [1.165, 1.54) is 10.4 Å². The third-order valence-electron chi connectivity index (χ3n) is 7.56. The molecule has 0 radical (unpaired) electrons. The van der Waals surface area contributed by atoms with Gasteiger partial charge in [-0.25, -0.2) is 4.98 Å². The van der Waals surface area contributed by atoms with Gasteiger partial charge in [0.2, 0.25) is 11.8 Å². The molecule has 4 aromatic heterocycles. The van der Waals surface area contributed by atoms with Gasteiger partial charge < -0.3 is 19.2 Å². The molecule has 1 N–H and O–H groups in total. The third kappa shape index (κ3) is 3.77. The Morgan fingerprint density at radius 3 is 2.20 bits per heavy atom. The monoisotopic (exact) mass is 729 g/mol. The SMILES string of the molecule is Oc1cccc2c1-c1nc(Oc3ccc4oc5ncc[c-]c5c4n3)ccc1[Si]2(c1ccccc1)c1ccccc1.[Pt]. The number of rotatable bonds is 4. The molecule has 200 valence electrons. The van der Waals surface area contributed by atoms with Crippen LogP contribution in [0.4, 0.5) is 0 Å². The molecule has 0 bridgehead atoms. The van der Waals surface area contributed by atoms with Crippen LogP contribution < -0.4 is 25.5 Å². The van der Waals surface area contributed by atoms with Crippen molar-refractivity contribution in [2.24, 2.45) is 0 Å². The van der Waals surface area contributed by atoms with E-state index in [-0.39, 0.29) is 26.8 Å². The van der Waals surface area contributed by atoms with Crippen LogP contribution in [0.1, 0.15) is 0 Å². The molecule has 6 nitrogen and oxygen atoms in total. The summed E-state index contributed by atoms with van der Waals surface area (Å²) < 4.78 is 12.0. The van der Waals surface area contributed by atoms with Crippen LogP contribution in [-0.4, -0.2) is 28.1 Å². The zero-order valence-corrected chi connectivity index (χ0v) is 24.7. The predicted molar refractivity (Wildman–Crippen MR) is 157 cm³/mol. The molecule has 1 aliphatic heterocycles. The molecule has 0 amide bonds. The largest absolute Gasteiger partial charge is 0.507 e. The molecule has 0 aliphatic carbocycles. The maximum absolute atomic E-state index is 11.2. The summed E-state index contributed by atoms with van der Waals surface area (Å²) in [6.07, 6.45) is 1.64. The summed E-state index contributed by atoms with van der Waals surface area (Å²) in [5, 5.41) is 16.6. The fourth-order valence-electron chi connectivity index (χ4n) is 5.96. The van der Waals surface area contributed by atoms with Crippen LogP contribution in [0, 0.1) is 6.07 Å². The van der Waals surface area contributed by atoms with Crippen molar-refractivity contribution < 1.29 is 35.3 Å². The van der Waals surface area contributed by atoms with Gasteiger partial charge in [0.05, 0.1) is 5.69 Å². The number of aromatic hydroxyl groups is 1. The van der Waals surface area contributed by atoms with Crippen molar-refractivity contribution >= 4 is 51.0 Å². The normalized spacial score (nSPS) is 13.0. The minimum absolute atomic E-state index is 0. The van der Waals surface area contributed by atoms with E-state index >= 15 is 0 Å². The van der Waals surface area contributed by atoms with Crippen LogP contribution >= 0.6 is 0 Å². The molecule has 0 saturated carbocycles. The Labute approximate surface area is 250 Å². The van der Waals surface area contributed by atoms with E-state index in [9.17, 15) is 5.11 Å². The van der Waals surface area contributed by atoms with Gasteiger partial charge in [0, 0.05) is 44.3 Å². The number of fused-ring (bicyclic) bond motifs is 6. The molecule has 0 saturated heterocycles. The van der Waals surface area contributed by atoms with Crippen molar-refractivity contribution in [1.29, 1.82) is 0 Å². The topological polar surface area (TPSA) is 81.3 Å². The van der Waals surface area contributed by atoms with E-state index in [1.807, 2.05) is 30.3 Å². The number of aromatic nitrogens is 3. The van der Waals surface area contributed by atoms with Crippen molar-refractivity contribution in [3.05, 3.63) is 121 Å². The quantitative estimate of drug-likeness (QED) is 0.214. The van der Waals surface area contributed by atoms with Crippen LogP contribution in [0.5, 0.6) is 17.5 Å². The van der Waals surface area contributed by atoms with Crippen molar-refractivity contribution in [2.45, 2.75) is 0 Å². The van der Waals surface area contributed by atoms with Crippen molar-refractivity contribution in [3.8, 4) is 28.8 Å². The summed E-state index contributed by atoms with van der Waals surface area (Å²) in [5.41, 5.74) is 3.21. The first-order chi connectivity index (χ1) is 19.7. The summed E-state index contributed by atoms with van der Waals surface area (Å²) in [4.78, 5) is 13.9. The van der Waals surface area contributed by atoms with Crippen molar-refractivity contribution in [1.82, 2.24) is 15.0 Å². The van der Waals surface area contributed by atoms with Gasteiger partial charge in [0.15, 0.2) is 8.07 Å². The first-order valence-electron chi connectivity index (χ1n) is 12.9. The maximum atomic E-state index is 11.2. The average Bonchev–Trinajstić information content (AvgIpc) is 3.52. The van der Waals surface area contributed by atoms with Crippen LogP contribution in [0.25, 0.3) is 33.5 Å². The minimum Gasteiger partial charge on any atom is -0.507 e. The molecule has 41 heavy (non-hydrogen) atoms. The molecule has 0 fully saturated rings. The summed E-state index contributed by atoms with van der Waals surface area (Å²) >= 11 is 0. The van der Waals surface area contributed by atoms with E-state index in [1.54, 1.807) is 24.4 Å². The number of nitrogens with zero attached hydrogens (tertiary/aromatic N) is 3. The van der Waals surface area contributed by atoms with Gasteiger partial charge in [-0.15, -0.1) is 12.1 Å². The molecule has 3 aromatic carbocycles. The Balaban J connectivity index is 0.00000276. The number of furan rings is 1. The fourth-order valence-corrected chi connectivity index (χ4v) is 11.0. The first kappa shape index (κ1) is 25.4. The van der Waals surface area contributed by atoms with E-state index in [0.29, 0.717) is 34.0 Å². The van der Waals surface area contributed by atoms with Gasteiger partial charge in [-0.05, 0) is 32.9 Å². The zero-order chi connectivity index (χ0) is 26.7. The van der Waals surface area contributed by atoms with Crippen molar-refractivity contribution in [2.75, 3.05) is 0 Å². The molecule has 8 heteroatoms. The number of benzene rings is 3. The van der Waals surface area contributed by atoms with Crippen LogP contribution in [0.15, 0.2) is 120 Å². The molecule has 0 spiro atoms. The number of phenols is 1. The summed E-state index contributed by atoms with van der Waals surface area (Å²) in [6.45, 7) is 0. The standard InChI is InChI=1S/C33H20N3O3Si.Pt/c37-24-14-7-15-26-30(24)32-27(40(26,21-9-3-1-4-10-21)22-11-5-2-6-12-22)17-19-29(36-32)39-28-18-16-25-31(35-28)23-13-8-20-34-33(23)38-25;/h1-12,14-20,37H;/q-1;. The Bertz CT molecular complexity index is 2030. The van der Waals surface area contributed by atoms with E-state index in [2.05, 4.69) is 76.7 Å². The van der Waals surface area contributed by atoms with E-state index < -0.39 is 8.07 Å². The molecule has 5 heterocycles. The minimum atomic E-state index is -2.75. The van der Waals surface area contributed by atoms with Gasteiger partial charge in [0.25, 0.3) is 0 Å². The Hall–Kier alpha value is -4.58. The van der Waals surface area contributed by atoms with Gasteiger partial charge in [-0.1, -0.05) is 90.4 Å². The number of hydrogen-bond acceptors (Lipinski definition) is 6. The summed E-state index contributed by atoms with van der Waals surface area (Å²) in [6, 6.07) is 39.3. The smallest absolute Gasteiger partial charge is 0.221 e. The third-order valence-corrected chi connectivity index (χ3v) is 12.4. The number of pyridine rings is 3. The Morgan fingerprint density at radius 1 is 0.732 bits per heavy atom. The maximum Gasteiger partial charge on any atom is 0.221 e. The number of phenolic OH excluding ortho intramolecular Hbond substituents is 1. The molecule has 7 aromatic rings. The van der Waals surface area contributed by atoms with E-state index in [0.717, 1.165) is 21.6 Å². The predicted octanol–water partition coefficient (Wildman–Crippen LogP) is 4.42. The van der Waals surface area contributed by atoms with Gasteiger partial charge in [0.1, 0.15) is 17.0 Å². The van der Waals surface area contributed by atoms with Gasteiger partial charge in [-0.3, -0.25) is 4.98 Å². The van der Waals surface area contributed by atoms with Crippen LogP contribution in [0.3, 0.4) is 0 Å². The molecule has 0 atom stereocenters. The van der Waals surface area contributed by atoms with Crippen LogP contribution in [0.2, 0.25) is 0 Å². The second-order valence-corrected chi connectivity index (χ2v) is 13.4. The Kier molecular flexibility index (Phi) is 6.07. The van der Waals surface area contributed by atoms with Gasteiger partial charge in [-0.2, -0.15) is 0 Å². The molecular formula is C33H20N3O3PtSi-. The zero-order valence-electron chi connectivity index (χ0n) is 21.4. The van der Waals surface area contributed by atoms with E-state index in [4.69, 9.17) is 14.1 Å².